The number of hydrogen-bond acceptors (Lipinski definition) is 7. The summed E-state index contributed by atoms with van der Waals surface area (Å²) >= 11 is 1.49. The molecule has 0 spiro atoms. The molecule has 2 aromatic carbocycles. The Hall–Kier alpha value is -3.52. The van der Waals surface area contributed by atoms with Gasteiger partial charge in [0.25, 0.3) is 0 Å². The average Bonchev–Trinajstić information content (AvgIpc) is 3.23. The van der Waals surface area contributed by atoms with Crippen molar-refractivity contribution in [2.24, 2.45) is 10.1 Å². The number of benzene rings is 2. The van der Waals surface area contributed by atoms with E-state index in [0.29, 0.717) is 23.8 Å². The van der Waals surface area contributed by atoms with Gasteiger partial charge in [0.05, 0.1) is 46.9 Å². The molecule has 0 unspecified atom stereocenters. The van der Waals surface area contributed by atoms with Crippen LogP contribution in [0.25, 0.3) is 11.3 Å². The lowest BCUT2D eigenvalue weighted by Gasteiger charge is -2.11. The van der Waals surface area contributed by atoms with Gasteiger partial charge in [0.2, 0.25) is 4.80 Å². The van der Waals surface area contributed by atoms with E-state index in [1.807, 2.05) is 48.7 Å². The van der Waals surface area contributed by atoms with E-state index in [4.69, 9.17) is 24.0 Å². The van der Waals surface area contributed by atoms with Crippen LogP contribution in [-0.4, -0.2) is 45.9 Å². The molecule has 3 aromatic rings. The zero-order valence-electron chi connectivity index (χ0n) is 18.9. The molecule has 8 heteroatoms. The first-order valence-corrected chi connectivity index (χ1v) is 10.7. The van der Waals surface area contributed by atoms with Crippen molar-refractivity contribution in [3.63, 3.8) is 0 Å². The van der Waals surface area contributed by atoms with Crippen LogP contribution in [0.1, 0.15) is 12.5 Å². The maximum atomic E-state index is 5.59. The highest BCUT2D eigenvalue weighted by Gasteiger charge is 2.14. The van der Waals surface area contributed by atoms with Crippen LogP contribution in [0.3, 0.4) is 0 Å². The predicted octanol–water partition coefficient (Wildman–Crippen LogP) is 4.61. The van der Waals surface area contributed by atoms with Crippen molar-refractivity contribution in [2.75, 3.05) is 35.0 Å². The van der Waals surface area contributed by atoms with E-state index >= 15 is 0 Å². The van der Waals surface area contributed by atoms with Crippen molar-refractivity contribution in [3.8, 4) is 34.3 Å². The summed E-state index contributed by atoms with van der Waals surface area (Å²) in [6.07, 6.45) is 1.75. The Bertz CT molecular complexity index is 1190. The van der Waals surface area contributed by atoms with E-state index in [0.717, 1.165) is 32.9 Å². The van der Waals surface area contributed by atoms with Gasteiger partial charge in [-0.2, -0.15) is 5.10 Å². The Morgan fingerprint density at radius 2 is 1.69 bits per heavy atom. The number of nitrogens with zero attached hydrogens (tertiary/aromatic N) is 3. The van der Waals surface area contributed by atoms with Gasteiger partial charge in [-0.05, 0) is 48.9 Å². The second-order valence-corrected chi connectivity index (χ2v) is 7.75. The summed E-state index contributed by atoms with van der Waals surface area (Å²) in [6, 6.07) is 11.3. The smallest absolute Gasteiger partial charge is 0.206 e. The third-order valence-corrected chi connectivity index (χ3v) is 5.44. The van der Waals surface area contributed by atoms with Crippen molar-refractivity contribution < 1.29 is 18.9 Å². The fourth-order valence-electron chi connectivity index (χ4n) is 2.98. The fraction of sp³-hybridized carbons (Fsp3) is 0.250. The minimum atomic E-state index is 0.515. The molecule has 32 heavy (non-hydrogen) atoms. The molecule has 7 nitrogen and oxygen atoms in total. The Labute approximate surface area is 191 Å². The zero-order chi connectivity index (χ0) is 23.1. The molecule has 1 aromatic heterocycles. The van der Waals surface area contributed by atoms with Gasteiger partial charge < -0.3 is 18.9 Å². The standard InChI is InChI=1S/C24H27N3O4S/c1-16(2)13-25-24-27(26-14-17-7-9-22(30-5)23(11-17)31-6)20(15-32-24)19-12-18(28-3)8-10-21(19)29-4/h7-12,14-15H,1,13H2,2-6H3. The van der Waals surface area contributed by atoms with E-state index < -0.39 is 0 Å². The largest absolute Gasteiger partial charge is 0.497 e. The Morgan fingerprint density at radius 3 is 2.34 bits per heavy atom. The second-order valence-electron chi connectivity index (χ2n) is 6.91. The lowest BCUT2D eigenvalue weighted by Crippen LogP contribution is -2.13. The molecular weight excluding hydrogens is 426 g/mol. The van der Waals surface area contributed by atoms with Crippen molar-refractivity contribution in [2.45, 2.75) is 6.92 Å². The summed E-state index contributed by atoms with van der Waals surface area (Å²) in [4.78, 5) is 5.42. The molecule has 0 atom stereocenters. The van der Waals surface area contributed by atoms with E-state index in [1.54, 1.807) is 39.3 Å². The summed E-state index contributed by atoms with van der Waals surface area (Å²) in [5.74, 6) is 2.73. The van der Waals surface area contributed by atoms with Crippen molar-refractivity contribution in [3.05, 3.63) is 64.3 Å². The summed E-state index contributed by atoms with van der Waals surface area (Å²) in [6.45, 7) is 6.40. The van der Waals surface area contributed by atoms with E-state index in [2.05, 4.69) is 11.6 Å². The van der Waals surface area contributed by atoms with Crippen LogP contribution in [0.15, 0.2) is 64.0 Å². The minimum absolute atomic E-state index is 0.515. The van der Waals surface area contributed by atoms with E-state index in [-0.39, 0.29) is 0 Å². The molecular formula is C24H27N3O4S. The van der Waals surface area contributed by atoms with Crippen molar-refractivity contribution >= 4 is 17.6 Å². The van der Waals surface area contributed by atoms with Crippen LogP contribution in [-0.2, 0) is 0 Å². The molecule has 168 valence electrons. The van der Waals surface area contributed by atoms with Gasteiger partial charge in [0.15, 0.2) is 11.5 Å². The minimum Gasteiger partial charge on any atom is -0.497 e. The number of aromatic nitrogens is 1. The molecule has 0 amide bonds. The first-order valence-electron chi connectivity index (χ1n) is 9.85. The molecule has 0 saturated heterocycles. The maximum absolute atomic E-state index is 5.59. The lowest BCUT2D eigenvalue weighted by atomic mass is 10.1. The molecule has 0 radical (unpaired) electrons. The van der Waals surface area contributed by atoms with Gasteiger partial charge in [0, 0.05) is 10.9 Å². The van der Waals surface area contributed by atoms with Crippen molar-refractivity contribution in [1.29, 1.82) is 0 Å². The number of rotatable bonds is 9. The van der Waals surface area contributed by atoms with Gasteiger partial charge in [-0.25, -0.2) is 4.68 Å². The van der Waals surface area contributed by atoms with E-state index in [1.165, 1.54) is 11.3 Å². The molecule has 0 aliphatic carbocycles. The molecule has 0 aliphatic heterocycles. The summed E-state index contributed by atoms with van der Waals surface area (Å²) in [7, 11) is 6.49. The molecule has 0 saturated carbocycles. The SMILES string of the molecule is C=C(C)CN=c1scc(-c2cc(OC)ccc2OC)n1N=Cc1ccc(OC)c(OC)c1. The third kappa shape index (κ3) is 5.20. The van der Waals surface area contributed by atoms with Gasteiger partial charge >= 0.3 is 0 Å². The number of hydrogen-bond donors (Lipinski definition) is 0. The molecule has 0 bridgehead atoms. The highest BCUT2D eigenvalue weighted by Crippen LogP contribution is 2.34. The highest BCUT2D eigenvalue weighted by molar-refractivity contribution is 7.07. The first kappa shape index (κ1) is 23.1. The molecule has 0 aliphatic rings. The number of thiazole rings is 1. The topological polar surface area (TPSA) is 66.6 Å². The Balaban J connectivity index is 2.14. The lowest BCUT2D eigenvalue weighted by molar-refractivity contribution is 0.355. The van der Waals surface area contributed by atoms with Gasteiger partial charge in [-0.15, -0.1) is 11.3 Å². The summed E-state index contributed by atoms with van der Waals surface area (Å²) < 4.78 is 23.5. The predicted molar refractivity (Wildman–Crippen MR) is 129 cm³/mol. The fourth-order valence-corrected chi connectivity index (χ4v) is 3.81. The highest BCUT2D eigenvalue weighted by atomic mass is 32.1. The van der Waals surface area contributed by atoms with Gasteiger partial charge in [-0.3, -0.25) is 4.99 Å². The first-order chi connectivity index (χ1) is 15.5. The van der Waals surface area contributed by atoms with Crippen LogP contribution < -0.4 is 23.7 Å². The van der Waals surface area contributed by atoms with Crippen LogP contribution in [0.4, 0.5) is 0 Å². The molecule has 0 N–H and O–H groups in total. The number of methoxy groups -OCH3 is 4. The summed E-state index contributed by atoms with van der Waals surface area (Å²) in [5, 5.41) is 6.74. The van der Waals surface area contributed by atoms with E-state index in [9.17, 15) is 0 Å². The maximum Gasteiger partial charge on any atom is 0.206 e. The second kappa shape index (κ2) is 10.7. The Kier molecular flexibility index (Phi) is 7.72. The zero-order valence-corrected chi connectivity index (χ0v) is 19.7. The third-order valence-electron chi connectivity index (χ3n) is 4.58. The van der Waals surface area contributed by atoms with Crippen LogP contribution >= 0.6 is 11.3 Å². The monoisotopic (exact) mass is 453 g/mol. The summed E-state index contributed by atoms with van der Waals surface area (Å²) in [5.41, 5.74) is 3.51. The van der Waals surface area contributed by atoms with Crippen LogP contribution in [0.2, 0.25) is 0 Å². The Morgan fingerprint density at radius 1 is 0.969 bits per heavy atom. The van der Waals surface area contributed by atoms with Gasteiger partial charge in [0.1, 0.15) is 11.5 Å². The number of ether oxygens (including phenoxy) is 4. The van der Waals surface area contributed by atoms with Crippen LogP contribution in [0, 0.1) is 0 Å². The molecule has 1 heterocycles. The molecule has 0 fully saturated rings. The normalized spacial score (nSPS) is 11.6. The van der Waals surface area contributed by atoms with Crippen LogP contribution in [0.5, 0.6) is 23.0 Å². The van der Waals surface area contributed by atoms with Gasteiger partial charge in [-0.1, -0.05) is 12.2 Å². The molecule has 3 rings (SSSR count). The van der Waals surface area contributed by atoms with Crippen molar-refractivity contribution in [1.82, 2.24) is 4.68 Å². The average molecular weight is 454 g/mol. The quantitative estimate of drug-likeness (QED) is 0.351.